The van der Waals surface area contributed by atoms with E-state index in [0.29, 0.717) is 23.5 Å². The van der Waals surface area contributed by atoms with Crippen LogP contribution in [0.1, 0.15) is 16.8 Å². The van der Waals surface area contributed by atoms with Crippen LogP contribution in [0.15, 0.2) is 24.3 Å². The van der Waals surface area contributed by atoms with E-state index in [1.807, 2.05) is 6.07 Å². The lowest BCUT2D eigenvalue weighted by molar-refractivity contribution is 0.102. The van der Waals surface area contributed by atoms with Crippen LogP contribution in [-0.2, 0) is 0 Å². The fourth-order valence-electron chi connectivity index (χ4n) is 1.00. The maximum absolute atomic E-state index is 12.5. The molecule has 78 valence electrons. The van der Waals surface area contributed by atoms with Crippen LogP contribution in [0.4, 0.5) is 4.39 Å². The van der Waals surface area contributed by atoms with E-state index in [1.165, 1.54) is 36.0 Å². The molecule has 0 atom stereocenters. The first-order valence-electron chi connectivity index (χ1n) is 4.47. The summed E-state index contributed by atoms with van der Waals surface area (Å²) in [6.07, 6.45) is 0.446. The van der Waals surface area contributed by atoms with Crippen LogP contribution in [0.5, 0.6) is 0 Å². The van der Waals surface area contributed by atoms with Gasteiger partial charge in [-0.15, -0.1) is 0 Å². The Hall–Kier alpha value is -1.34. The summed E-state index contributed by atoms with van der Waals surface area (Å²) in [7, 11) is 0. The number of hydrogen-bond acceptors (Lipinski definition) is 3. The summed E-state index contributed by atoms with van der Waals surface area (Å²) in [6, 6.07) is 7.50. The standard InChI is InChI=1S/C11H10FNOS/c12-10-4-2-9(3-5-10)11(14)8-15-7-1-6-13/h2-5H,1,7-8H2. The molecule has 0 fully saturated rings. The quantitative estimate of drug-likeness (QED) is 0.569. The summed E-state index contributed by atoms with van der Waals surface area (Å²) < 4.78 is 12.5. The molecular weight excluding hydrogens is 213 g/mol. The Morgan fingerprint density at radius 2 is 2.07 bits per heavy atom. The van der Waals surface area contributed by atoms with Crippen molar-refractivity contribution >= 4 is 17.5 Å². The van der Waals surface area contributed by atoms with E-state index in [4.69, 9.17) is 5.26 Å². The third kappa shape index (κ3) is 4.13. The second-order valence-electron chi connectivity index (χ2n) is 2.89. The fraction of sp³-hybridized carbons (Fsp3) is 0.273. The normalized spacial score (nSPS) is 9.60. The molecule has 0 aliphatic heterocycles. The predicted molar refractivity (Wildman–Crippen MR) is 58.3 cm³/mol. The number of rotatable bonds is 5. The predicted octanol–water partition coefficient (Wildman–Crippen LogP) is 2.66. The molecule has 0 heterocycles. The average Bonchev–Trinajstić information content (AvgIpc) is 2.25. The van der Waals surface area contributed by atoms with Crippen LogP contribution >= 0.6 is 11.8 Å². The summed E-state index contributed by atoms with van der Waals surface area (Å²) in [5, 5.41) is 8.29. The van der Waals surface area contributed by atoms with Crippen molar-refractivity contribution in [2.75, 3.05) is 11.5 Å². The number of thioether (sulfide) groups is 1. The van der Waals surface area contributed by atoms with Gasteiger partial charge in [0.25, 0.3) is 0 Å². The molecule has 0 aromatic heterocycles. The molecule has 0 aliphatic rings. The molecule has 0 bridgehead atoms. The van der Waals surface area contributed by atoms with Gasteiger partial charge in [-0.2, -0.15) is 17.0 Å². The Kier molecular flexibility index (Phi) is 4.85. The van der Waals surface area contributed by atoms with Crippen LogP contribution in [0.25, 0.3) is 0 Å². The van der Waals surface area contributed by atoms with E-state index in [9.17, 15) is 9.18 Å². The van der Waals surface area contributed by atoms with Gasteiger partial charge in [0.2, 0.25) is 0 Å². The van der Waals surface area contributed by atoms with Gasteiger partial charge in [0, 0.05) is 17.7 Å². The van der Waals surface area contributed by atoms with Crippen molar-refractivity contribution in [3.05, 3.63) is 35.6 Å². The monoisotopic (exact) mass is 223 g/mol. The number of halogens is 1. The van der Waals surface area contributed by atoms with E-state index in [-0.39, 0.29) is 11.6 Å². The fourth-order valence-corrected chi connectivity index (χ4v) is 1.73. The largest absolute Gasteiger partial charge is 0.293 e. The maximum Gasteiger partial charge on any atom is 0.172 e. The van der Waals surface area contributed by atoms with Crippen molar-refractivity contribution in [1.82, 2.24) is 0 Å². The van der Waals surface area contributed by atoms with E-state index < -0.39 is 0 Å². The molecule has 0 radical (unpaired) electrons. The zero-order valence-electron chi connectivity index (χ0n) is 8.07. The van der Waals surface area contributed by atoms with Crippen molar-refractivity contribution in [2.45, 2.75) is 6.42 Å². The van der Waals surface area contributed by atoms with E-state index >= 15 is 0 Å². The third-order valence-electron chi connectivity index (χ3n) is 1.76. The number of nitriles is 1. The highest BCUT2D eigenvalue weighted by molar-refractivity contribution is 7.99. The molecule has 2 nitrogen and oxygen atoms in total. The number of Topliss-reactive ketones (excluding diaryl/α,β-unsaturated/α-hetero) is 1. The second-order valence-corrected chi connectivity index (χ2v) is 4.00. The lowest BCUT2D eigenvalue weighted by atomic mass is 10.1. The van der Waals surface area contributed by atoms with Gasteiger partial charge >= 0.3 is 0 Å². The highest BCUT2D eigenvalue weighted by Gasteiger charge is 2.05. The molecule has 0 amide bonds. The number of carbonyl (C=O) groups is 1. The molecule has 0 aliphatic carbocycles. The highest BCUT2D eigenvalue weighted by atomic mass is 32.2. The minimum absolute atomic E-state index is 0.0297. The lowest BCUT2D eigenvalue weighted by Gasteiger charge is -1.99. The number of nitrogens with zero attached hydrogens (tertiary/aromatic N) is 1. The first-order valence-corrected chi connectivity index (χ1v) is 5.63. The molecule has 0 spiro atoms. The van der Waals surface area contributed by atoms with Crippen molar-refractivity contribution in [3.8, 4) is 6.07 Å². The zero-order valence-corrected chi connectivity index (χ0v) is 8.89. The van der Waals surface area contributed by atoms with Gasteiger partial charge in [-0.05, 0) is 24.3 Å². The Morgan fingerprint density at radius 3 is 2.67 bits per heavy atom. The molecule has 0 N–H and O–H groups in total. The minimum atomic E-state index is -0.344. The van der Waals surface area contributed by atoms with E-state index in [0.717, 1.165) is 0 Å². The average molecular weight is 223 g/mol. The van der Waals surface area contributed by atoms with Crippen LogP contribution in [0, 0.1) is 17.1 Å². The molecule has 1 aromatic rings. The number of carbonyl (C=O) groups excluding carboxylic acids is 1. The molecule has 0 saturated heterocycles. The van der Waals surface area contributed by atoms with E-state index in [2.05, 4.69) is 0 Å². The third-order valence-corrected chi connectivity index (χ3v) is 2.72. The minimum Gasteiger partial charge on any atom is -0.293 e. The highest BCUT2D eigenvalue weighted by Crippen LogP contribution is 2.09. The maximum atomic E-state index is 12.5. The van der Waals surface area contributed by atoms with Gasteiger partial charge < -0.3 is 0 Å². The molecular formula is C11H10FNOS. The van der Waals surface area contributed by atoms with Gasteiger partial charge in [-0.25, -0.2) is 4.39 Å². The van der Waals surface area contributed by atoms with Crippen LogP contribution in [-0.4, -0.2) is 17.3 Å². The van der Waals surface area contributed by atoms with Crippen molar-refractivity contribution < 1.29 is 9.18 Å². The SMILES string of the molecule is N#CCCSCC(=O)c1ccc(F)cc1. The summed E-state index contributed by atoms with van der Waals surface area (Å²) in [6.45, 7) is 0. The Balaban J connectivity index is 2.41. The van der Waals surface area contributed by atoms with Gasteiger partial charge in [-0.1, -0.05) is 0 Å². The molecule has 1 rings (SSSR count). The van der Waals surface area contributed by atoms with Gasteiger partial charge in [0.1, 0.15) is 5.82 Å². The summed E-state index contributed by atoms with van der Waals surface area (Å²) in [5.41, 5.74) is 0.515. The van der Waals surface area contributed by atoms with Crippen molar-refractivity contribution in [1.29, 1.82) is 5.26 Å². The number of ketones is 1. The molecule has 4 heteroatoms. The molecule has 0 unspecified atom stereocenters. The van der Waals surface area contributed by atoms with Crippen molar-refractivity contribution in [3.63, 3.8) is 0 Å². The van der Waals surface area contributed by atoms with Crippen LogP contribution in [0.3, 0.4) is 0 Å². The van der Waals surface area contributed by atoms with Gasteiger partial charge in [0.05, 0.1) is 11.8 Å². The molecule has 15 heavy (non-hydrogen) atoms. The summed E-state index contributed by atoms with van der Waals surface area (Å²) >= 11 is 1.42. The first-order chi connectivity index (χ1) is 7.24. The van der Waals surface area contributed by atoms with E-state index in [1.54, 1.807) is 0 Å². The topological polar surface area (TPSA) is 40.9 Å². The Bertz CT molecular complexity index is 369. The second kappa shape index (κ2) is 6.20. The van der Waals surface area contributed by atoms with Crippen LogP contribution < -0.4 is 0 Å². The van der Waals surface area contributed by atoms with Crippen LogP contribution in [0.2, 0.25) is 0 Å². The summed E-state index contributed by atoms with van der Waals surface area (Å²) in [5.74, 6) is 0.623. The Morgan fingerprint density at radius 1 is 1.40 bits per heavy atom. The number of benzene rings is 1. The molecule has 1 aromatic carbocycles. The van der Waals surface area contributed by atoms with Crippen molar-refractivity contribution in [2.24, 2.45) is 0 Å². The molecule has 0 saturated carbocycles. The zero-order chi connectivity index (χ0) is 11.1. The van der Waals surface area contributed by atoms with Gasteiger partial charge in [-0.3, -0.25) is 4.79 Å². The lowest BCUT2D eigenvalue weighted by Crippen LogP contribution is -2.02. The Labute approximate surface area is 92.1 Å². The first kappa shape index (κ1) is 11.7. The summed E-state index contributed by atoms with van der Waals surface area (Å²) in [4.78, 5) is 11.5. The van der Waals surface area contributed by atoms with Gasteiger partial charge in [0.15, 0.2) is 5.78 Å². The number of hydrogen-bond donors (Lipinski definition) is 0. The smallest absolute Gasteiger partial charge is 0.172 e.